The Hall–Kier alpha value is -3.04. The van der Waals surface area contributed by atoms with Crippen LogP contribution >= 0.6 is 11.3 Å². The van der Waals surface area contributed by atoms with Gasteiger partial charge in [0.1, 0.15) is 6.29 Å². The van der Waals surface area contributed by atoms with Crippen molar-refractivity contribution < 1.29 is 4.79 Å². The lowest BCUT2D eigenvalue weighted by molar-refractivity contribution is -0.108. The molecule has 8 nitrogen and oxygen atoms in total. The third-order valence-corrected chi connectivity index (χ3v) is 5.90. The van der Waals surface area contributed by atoms with E-state index in [0.29, 0.717) is 17.6 Å². The number of aromatic nitrogens is 3. The van der Waals surface area contributed by atoms with Gasteiger partial charge in [0, 0.05) is 43.8 Å². The van der Waals surface area contributed by atoms with E-state index in [1.54, 1.807) is 6.20 Å². The van der Waals surface area contributed by atoms with Gasteiger partial charge in [-0.3, -0.25) is 4.90 Å². The molecule has 1 aliphatic heterocycles. The maximum absolute atomic E-state index is 10.7. The predicted molar refractivity (Wildman–Crippen MR) is 117 cm³/mol. The van der Waals surface area contributed by atoms with E-state index in [1.807, 2.05) is 25.1 Å². The van der Waals surface area contributed by atoms with Crippen LogP contribution in [0.25, 0.3) is 10.6 Å². The Morgan fingerprint density at radius 1 is 1.14 bits per heavy atom. The van der Waals surface area contributed by atoms with Crippen LogP contribution in [-0.4, -0.2) is 58.9 Å². The Kier molecular flexibility index (Phi) is 5.68. The van der Waals surface area contributed by atoms with Gasteiger partial charge in [-0.15, -0.1) is 0 Å². The van der Waals surface area contributed by atoms with Gasteiger partial charge in [-0.2, -0.15) is 0 Å². The number of aldehydes is 1. The summed E-state index contributed by atoms with van der Waals surface area (Å²) in [6.07, 6.45) is 2.70. The number of nitrogens with two attached hydrogens (primary N) is 1. The average molecular weight is 410 g/mol. The zero-order valence-electron chi connectivity index (χ0n) is 16.2. The molecule has 0 atom stereocenters. The summed E-state index contributed by atoms with van der Waals surface area (Å²) in [6, 6.07) is 10.1. The molecule has 0 amide bonds. The molecule has 0 unspecified atom stereocenters. The fraction of sp³-hybridized carbons (Fsp3) is 0.300. The number of aryl methyl sites for hydroxylation is 1. The molecule has 9 heteroatoms. The molecule has 29 heavy (non-hydrogen) atoms. The number of piperazine rings is 1. The molecular weight excluding hydrogens is 386 g/mol. The fourth-order valence-corrected chi connectivity index (χ4v) is 4.18. The van der Waals surface area contributed by atoms with Crippen molar-refractivity contribution in [3.8, 4) is 10.6 Å². The van der Waals surface area contributed by atoms with Gasteiger partial charge in [-0.25, -0.2) is 15.0 Å². The van der Waals surface area contributed by atoms with E-state index in [9.17, 15) is 4.79 Å². The first-order valence-electron chi connectivity index (χ1n) is 9.47. The van der Waals surface area contributed by atoms with Crippen LogP contribution in [0, 0.1) is 6.92 Å². The Bertz CT molecular complexity index is 981. The summed E-state index contributed by atoms with van der Waals surface area (Å²) in [6.45, 7) is 6.09. The van der Waals surface area contributed by atoms with Gasteiger partial charge in [-0.05, 0) is 37.3 Å². The summed E-state index contributed by atoms with van der Waals surface area (Å²) in [7, 11) is 0. The van der Waals surface area contributed by atoms with Gasteiger partial charge in [-0.1, -0.05) is 11.3 Å². The summed E-state index contributed by atoms with van der Waals surface area (Å²) in [5.74, 6) is 0.532. The molecule has 3 heterocycles. The van der Waals surface area contributed by atoms with E-state index in [2.05, 4.69) is 42.2 Å². The highest BCUT2D eigenvalue weighted by Crippen LogP contribution is 2.30. The Labute approximate surface area is 173 Å². The fourth-order valence-electron chi connectivity index (χ4n) is 3.38. The van der Waals surface area contributed by atoms with E-state index in [4.69, 9.17) is 5.73 Å². The second-order valence-corrected chi connectivity index (χ2v) is 7.89. The molecule has 1 saturated heterocycles. The van der Waals surface area contributed by atoms with E-state index in [1.165, 1.54) is 17.0 Å². The number of anilines is 4. The van der Waals surface area contributed by atoms with Crippen molar-refractivity contribution in [1.29, 1.82) is 0 Å². The molecule has 0 spiro atoms. The maximum Gasteiger partial charge on any atom is 0.227 e. The lowest BCUT2D eigenvalue weighted by Gasteiger charge is -2.35. The Balaban J connectivity index is 1.42. The molecule has 3 aromatic rings. The SMILES string of the molecule is Cc1nc(N)sc1-c1ccnc(Nc2ccc(N3CCN(CC=O)CC3)cc2)n1. The summed E-state index contributed by atoms with van der Waals surface area (Å²) in [5, 5.41) is 3.79. The highest BCUT2D eigenvalue weighted by atomic mass is 32.1. The lowest BCUT2D eigenvalue weighted by atomic mass is 10.2. The van der Waals surface area contributed by atoms with Crippen molar-refractivity contribution in [1.82, 2.24) is 19.9 Å². The van der Waals surface area contributed by atoms with Crippen LogP contribution in [0.1, 0.15) is 5.69 Å². The summed E-state index contributed by atoms with van der Waals surface area (Å²) < 4.78 is 0. The number of nitrogen functional groups attached to an aromatic ring is 1. The largest absolute Gasteiger partial charge is 0.375 e. The smallest absolute Gasteiger partial charge is 0.227 e. The van der Waals surface area contributed by atoms with E-state index in [0.717, 1.165) is 54.4 Å². The third kappa shape index (κ3) is 4.52. The highest BCUT2D eigenvalue weighted by molar-refractivity contribution is 7.18. The van der Waals surface area contributed by atoms with Crippen molar-refractivity contribution in [2.75, 3.05) is 48.7 Å². The number of benzene rings is 1. The van der Waals surface area contributed by atoms with E-state index < -0.39 is 0 Å². The van der Waals surface area contributed by atoms with Gasteiger partial charge in [0.2, 0.25) is 5.95 Å². The predicted octanol–water partition coefficient (Wildman–Crippen LogP) is 2.56. The molecule has 1 aromatic carbocycles. The standard InChI is InChI=1S/C20H23N7OS/c1-14-18(29-19(21)23-14)17-6-7-22-20(25-17)24-15-2-4-16(5-3-15)27-10-8-26(9-11-27)12-13-28/h2-7,13H,8-12H2,1H3,(H2,21,23)(H,22,24,25). The zero-order chi connectivity index (χ0) is 20.2. The number of thiazole rings is 1. The van der Waals surface area contributed by atoms with Crippen LogP contribution in [0.4, 0.5) is 22.5 Å². The Morgan fingerprint density at radius 2 is 1.90 bits per heavy atom. The van der Waals surface area contributed by atoms with Gasteiger partial charge >= 0.3 is 0 Å². The molecule has 0 bridgehead atoms. The van der Waals surface area contributed by atoms with Crippen LogP contribution in [0.3, 0.4) is 0 Å². The highest BCUT2D eigenvalue weighted by Gasteiger charge is 2.16. The zero-order valence-corrected chi connectivity index (χ0v) is 17.0. The number of hydrogen-bond acceptors (Lipinski definition) is 9. The minimum absolute atomic E-state index is 0.517. The lowest BCUT2D eigenvalue weighted by Crippen LogP contribution is -2.46. The van der Waals surface area contributed by atoms with Crippen LogP contribution in [0.2, 0.25) is 0 Å². The number of carbonyl (C=O) groups is 1. The molecule has 3 N–H and O–H groups in total. The number of hydrogen-bond donors (Lipinski definition) is 2. The minimum Gasteiger partial charge on any atom is -0.375 e. The van der Waals surface area contributed by atoms with Crippen LogP contribution in [0.15, 0.2) is 36.5 Å². The molecular formula is C20H23N7OS. The average Bonchev–Trinajstić information content (AvgIpc) is 3.08. The second-order valence-electron chi connectivity index (χ2n) is 6.86. The molecule has 150 valence electrons. The molecule has 1 fully saturated rings. The van der Waals surface area contributed by atoms with Crippen molar-refractivity contribution in [3.63, 3.8) is 0 Å². The molecule has 0 aliphatic carbocycles. The monoisotopic (exact) mass is 409 g/mol. The summed E-state index contributed by atoms with van der Waals surface area (Å²) in [4.78, 5) is 29.3. The van der Waals surface area contributed by atoms with Crippen molar-refractivity contribution in [3.05, 3.63) is 42.2 Å². The number of nitrogens with zero attached hydrogens (tertiary/aromatic N) is 5. The van der Waals surface area contributed by atoms with Gasteiger partial charge < -0.3 is 20.7 Å². The van der Waals surface area contributed by atoms with Gasteiger partial charge in [0.25, 0.3) is 0 Å². The van der Waals surface area contributed by atoms with Crippen LogP contribution < -0.4 is 16.0 Å². The molecule has 1 aliphatic rings. The van der Waals surface area contributed by atoms with Gasteiger partial charge in [0.15, 0.2) is 5.13 Å². The molecule has 0 radical (unpaired) electrons. The molecule has 0 saturated carbocycles. The Morgan fingerprint density at radius 3 is 2.55 bits per heavy atom. The first-order chi connectivity index (χ1) is 14.1. The van der Waals surface area contributed by atoms with Gasteiger partial charge in [0.05, 0.1) is 22.8 Å². The quantitative estimate of drug-likeness (QED) is 0.599. The van der Waals surface area contributed by atoms with Crippen molar-refractivity contribution in [2.45, 2.75) is 6.92 Å². The first-order valence-corrected chi connectivity index (χ1v) is 10.3. The van der Waals surface area contributed by atoms with E-state index in [-0.39, 0.29) is 0 Å². The first kappa shape index (κ1) is 19.3. The van der Waals surface area contributed by atoms with Crippen molar-refractivity contribution >= 4 is 40.1 Å². The minimum atomic E-state index is 0.517. The second kappa shape index (κ2) is 8.54. The van der Waals surface area contributed by atoms with Crippen LogP contribution in [-0.2, 0) is 4.79 Å². The number of rotatable bonds is 6. The van der Waals surface area contributed by atoms with Crippen molar-refractivity contribution in [2.24, 2.45) is 0 Å². The summed E-state index contributed by atoms with van der Waals surface area (Å²) >= 11 is 1.42. The molecule has 2 aromatic heterocycles. The van der Waals surface area contributed by atoms with Crippen LogP contribution in [0.5, 0.6) is 0 Å². The van der Waals surface area contributed by atoms with E-state index >= 15 is 0 Å². The summed E-state index contributed by atoms with van der Waals surface area (Å²) in [5.41, 5.74) is 9.57. The molecule has 4 rings (SSSR count). The normalized spacial score (nSPS) is 14.7. The number of carbonyl (C=O) groups excluding carboxylic acids is 1. The topological polar surface area (TPSA) is 100 Å². The maximum atomic E-state index is 10.7. The third-order valence-electron chi connectivity index (χ3n) is 4.89. The number of nitrogens with one attached hydrogen (secondary N) is 1.